The molecule has 0 unspecified atom stereocenters. The maximum Gasteiger partial charge on any atom is 0.303 e. The minimum absolute atomic E-state index is 0.496. The lowest BCUT2D eigenvalue weighted by atomic mass is 10.1. The highest BCUT2D eigenvalue weighted by atomic mass is 32.2. The van der Waals surface area contributed by atoms with Gasteiger partial charge in [-0.15, -0.1) is 0 Å². The average Bonchev–Trinajstić information content (AvgIpc) is 2.86. The van der Waals surface area contributed by atoms with E-state index >= 15 is 0 Å². The molecule has 2 rings (SSSR count). The molecule has 0 aliphatic carbocycles. The molecular formula is C14H22O10S. The zero-order chi connectivity index (χ0) is 19.0. The van der Waals surface area contributed by atoms with Crippen LogP contribution in [-0.2, 0) is 47.6 Å². The van der Waals surface area contributed by atoms with E-state index in [0.717, 1.165) is 13.2 Å². The average molecular weight is 382 g/mol. The summed E-state index contributed by atoms with van der Waals surface area (Å²) in [4.78, 5) is 22.8. The van der Waals surface area contributed by atoms with Gasteiger partial charge in [0.1, 0.15) is 12.7 Å². The first-order valence-electron chi connectivity index (χ1n) is 7.58. The van der Waals surface area contributed by atoms with Crippen molar-refractivity contribution in [1.82, 2.24) is 0 Å². The van der Waals surface area contributed by atoms with E-state index in [9.17, 15) is 18.0 Å². The molecule has 2 aliphatic rings. The van der Waals surface area contributed by atoms with E-state index in [1.165, 1.54) is 6.92 Å². The predicted octanol–water partition coefficient (Wildman–Crippen LogP) is -0.298. The van der Waals surface area contributed by atoms with Gasteiger partial charge in [0.15, 0.2) is 30.4 Å². The first-order chi connectivity index (χ1) is 11.4. The van der Waals surface area contributed by atoms with Gasteiger partial charge in [0, 0.05) is 13.8 Å². The summed E-state index contributed by atoms with van der Waals surface area (Å²) in [5.74, 6) is -2.22. The van der Waals surface area contributed by atoms with Crippen LogP contribution in [0, 0.1) is 0 Å². The summed E-state index contributed by atoms with van der Waals surface area (Å²) in [6, 6.07) is 0. The van der Waals surface area contributed by atoms with Crippen molar-refractivity contribution in [3.05, 3.63) is 0 Å². The fraction of sp³-hybridized carbons (Fsp3) is 0.857. The molecule has 0 aromatic carbocycles. The highest BCUT2D eigenvalue weighted by Gasteiger charge is 2.59. The van der Waals surface area contributed by atoms with Crippen molar-refractivity contribution in [3.63, 3.8) is 0 Å². The number of esters is 2. The highest BCUT2D eigenvalue weighted by molar-refractivity contribution is 7.85. The van der Waals surface area contributed by atoms with Gasteiger partial charge in [-0.1, -0.05) is 0 Å². The Labute approximate surface area is 145 Å². The van der Waals surface area contributed by atoms with Crippen molar-refractivity contribution in [2.75, 3.05) is 12.9 Å². The van der Waals surface area contributed by atoms with Crippen LogP contribution in [0.3, 0.4) is 0 Å². The van der Waals surface area contributed by atoms with Crippen molar-refractivity contribution in [2.24, 2.45) is 0 Å². The third-order valence-electron chi connectivity index (χ3n) is 3.46. The molecule has 0 aromatic rings. The summed E-state index contributed by atoms with van der Waals surface area (Å²) in [5.41, 5.74) is 0. The summed E-state index contributed by atoms with van der Waals surface area (Å²) in [5, 5.41) is 0. The van der Waals surface area contributed by atoms with E-state index in [2.05, 4.69) is 0 Å². The molecule has 0 spiro atoms. The van der Waals surface area contributed by atoms with Gasteiger partial charge in [-0.25, -0.2) is 0 Å². The van der Waals surface area contributed by atoms with Crippen molar-refractivity contribution < 1.29 is 45.9 Å². The number of hydrogen-bond acceptors (Lipinski definition) is 10. The van der Waals surface area contributed by atoms with Crippen molar-refractivity contribution in [3.8, 4) is 0 Å². The molecule has 2 aliphatic heterocycles. The lowest BCUT2D eigenvalue weighted by Gasteiger charge is -2.29. The zero-order valence-electron chi connectivity index (χ0n) is 14.6. The Hall–Kier alpha value is -1.27. The van der Waals surface area contributed by atoms with Gasteiger partial charge in [0.05, 0.1) is 6.26 Å². The monoisotopic (exact) mass is 382 g/mol. The largest absolute Gasteiger partial charge is 0.457 e. The first kappa shape index (κ1) is 20.0. The molecule has 10 nitrogen and oxygen atoms in total. The Balaban J connectivity index is 2.22. The number of carbonyl (C=O) groups is 2. The van der Waals surface area contributed by atoms with Crippen LogP contribution >= 0.6 is 0 Å². The Bertz CT molecular complexity index is 628. The Morgan fingerprint density at radius 2 is 1.80 bits per heavy atom. The number of carbonyl (C=O) groups excluding carboxylic acids is 2. The number of ether oxygens (including phenoxy) is 5. The van der Waals surface area contributed by atoms with E-state index in [0.29, 0.717) is 0 Å². The number of hydrogen-bond donors (Lipinski definition) is 0. The van der Waals surface area contributed by atoms with E-state index < -0.39 is 65.2 Å². The van der Waals surface area contributed by atoms with Crippen LogP contribution in [0.5, 0.6) is 0 Å². The van der Waals surface area contributed by atoms with Crippen molar-refractivity contribution in [1.29, 1.82) is 0 Å². The number of fused-ring (bicyclic) bond motifs is 1. The third kappa shape index (κ3) is 5.35. The predicted molar refractivity (Wildman–Crippen MR) is 80.6 cm³/mol. The molecule has 0 radical (unpaired) electrons. The Kier molecular flexibility index (Phi) is 5.74. The molecule has 0 saturated carbocycles. The normalized spacial score (nSPS) is 32.0. The van der Waals surface area contributed by atoms with Crippen LogP contribution in [0.2, 0.25) is 0 Å². The SMILES string of the molecule is CC(=O)O[C@H]1[C@H]([C@@H](COS(C)(=O)=O)OC(C)=O)O[C@@H]2OC(C)(C)O[C@@H]21. The molecule has 25 heavy (non-hydrogen) atoms. The van der Waals surface area contributed by atoms with Gasteiger partial charge < -0.3 is 23.7 Å². The summed E-state index contributed by atoms with van der Waals surface area (Å²) in [7, 11) is -3.78. The van der Waals surface area contributed by atoms with Crippen LogP contribution < -0.4 is 0 Å². The Morgan fingerprint density at radius 1 is 1.16 bits per heavy atom. The maximum atomic E-state index is 11.4. The lowest BCUT2D eigenvalue weighted by Crippen LogP contribution is -2.47. The molecule has 11 heteroatoms. The first-order valence-corrected chi connectivity index (χ1v) is 9.39. The molecule has 0 bridgehead atoms. The molecular weight excluding hydrogens is 360 g/mol. The molecule has 2 fully saturated rings. The van der Waals surface area contributed by atoms with E-state index in [4.69, 9.17) is 27.9 Å². The second-order valence-corrected chi connectivity index (χ2v) is 7.92. The standard InChI is InChI=1S/C14H22O10S/c1-7(15)20-9(6-19-25(5,17)18)10-11(21-8(2)16)12-13(22-10)24-14(3,4)23-12/h9-13H,6H2,1-5H3/t9-,10+,11+,12-,13-/m1/s1. The summed E-state index contributed by atoms with van der Waals surface area (Å²) in [6.07, 6.45) is -3.86. The molecule has 2 saturated heterocycles. The lowest BCUT2D eigenvalue weighted by molar-refractivity contribution is -0.233. The van der Waals surface area contributed by atoms with E-state index in [-0.39, 0.29) is 0 Å². The second-order valence-electron chi connectivity index (χ2n) is 6.28. The molecule has 144 valence electrons. The molecule has 5 atom stereocenters. The quantitative estimate of drug-likeness (QED) is 0.447. The fourth-order valence-corrected chi connectivity index (χ4v) is 3.11. The second kappa shape index (κ2) is 7.16. The van der Waals surface area contributed by atoms with Crippen molar-refractivity contribution >= 4 is 22.1 Å². The smallest absolute Gasteiger partial charge is 0.303 e. The molecule has 0 aromatic heterocycles. The highest BCUT2D eigenvalue weighted by Crippen LogP contribution is 2.40. The van der Waals surface area contributed by atoms with Gasteiger partial charge in [-0.3, -0.25) is 13.8 Å². The van der Waals surface area contributed by atoms with Gasteiger partial charge >= 0.3 is 11.9 Å². The minimum atomic E-state index is -3.78. The van der Waals surface area contributed by atoms with Crippen LogP contribution in [0.1, 0.15) is 27.7 Å². The molecule has 2 heterocycles. The van der Waals surface area contributed by atoms with Crippen LogP contribution in [0.25, 0.3) is 0 Å². The zero-order valence-corrected chi connectivity index (χ0v) is 15.4. The van der Waals surface area contributed by atoms with Gasteiger partial charge in [-0.05, 0) is 13.8 Å². The minimum Gasteiger partial charge on any atom is -0.457 e. The maximum absolute atomic E-state index is 11.4. The van der Waals surface area contributed by atoms with Gasteiger partial charge in [-0.2, -0.15) is 8.42 Å². The van der Waals surface area contributed by atoms with E-state index in [1.807, 2.05) is 0 Å². The van der Waals surface area contributed by atoms with Crippen molar-refractivity contribution in [2.45, 2.75) is 64.2 Å². The fourth-order valence-electron chi connectivity index (χ4n) is 2.73. The van der Waals surface area contributed by atoms with Gasteiger partial charge in [0.25, 0.3) is 10.1 Å². The van der Waals surface area contributed by atoms with Crippen LogP contribution in [0.4, 0.5) is 0 Å². The molecule has 0 amide bonds. The molecule has 0 N–H and O–H groups in total. The summed E-state index contributed by atoms with van der Waals surface area (Å²) in [6.45, 7) is 5.21. The topological polar surface area (TPSA) is 124 Å². The van der Waals surface area contributed by atoms with Gasteiger partial charge in [0.2, 0.25) is 0 Å². The van der Waals surface area contributed by atoms with Crippen LogP contribution in [0.15, 0.2) is 0 Å². The van der Waals surface area contributed by atoms with Crippen LogP contribution in [-0.4, -0.2) is 69.7 Å². The Morgan fingerprint density at radius 3 is 2.32 bits per heavy atom. The summed E-state index contributed by atoms with van der Waals surface area (Å²) < 4.78 is 54.5. The third-order valence-corrected chi connectivity index (χ3v) is 4.02. The number of rotatable bonds is 6. The van der Waals surface area contributed by atoms with E-state index in [1.54, 1.807) is 13.8 Å². The summed E-state index contributed by atoms with van der Waals surface area (Å²) >= 11 is 0.